The monoisotopic (exact) mass is 458 g/mol. The molecule has 0 atom stereocenters. The van der Waals surface area contributed by atoms with Crippen molar-refractivity contribution in [3.63, 3.8) is 0 Å². The van der Waals surface area contributed by atoms with Gasteiger partial charge in [0.05, 0.1) is 24.5 Å². The number of amides is 1. The fourth-order valence-corrected chi connectivity index (χ4v) is 5.03. The zero-order valence-corrected chi connectivity index (χ0v) is 20.0. The van der Waals surface area contributed by atoms with Gasteiger partial charge in [-0.2, -0.15) is 5.10 Å². The van der Waals surface area contributed by atoms with Gasteiger partial charge in [-0.3, -0.25) is 9.69 Å². The van der Waals surface area contributed by atoms with Crippen LogP contribution in [0.3, 0.4) is 0 Å². The smallest absolute Gasteiger partial charge is 0.257 e. The Morgan fingerprint density at radius 3 is 2.50 bits per heavy atom. The molecule has 34 heavy (non-hydrogen) atoms. The van der Waals surface area contributed by atoms with Crippen LogP contribution in [0.5, 0.6) is 0 Å². The fourth-order valence-electron chi connectivity index (χ4n) is 5.03. The molecule has 2 fully saturated rings. The van der Waals surface area contributed by atoms with Crippen molar-refractivity contribution in [1.82, 2.24) is 19.6 Å². The highest BCUT2D eigenvalue weighted by atomic mass is 16.5. The minimum atomic E-state index is 0.0883. The average molecular weight is 459 g/mol. The second-order valence-electron chi connectivity index (χ2n) is 9.52. The summed E-state index contributed by atoms with van der Waals surface area (Å²) in [7, 11) is 0. The molecule has 0 unspecified atom stereocenters. The fraction of sp³-hybridized carbons (Fsp3) is 0.429. The minimum absolute atomic E-state index is 0.0883. The molecule has 2 aliphatic rings. The number of nitrogens with zero attached hydrogens (tertiary/aromatic N) is 4. The first-order chi connectivity index (χ1) is 16.7. The van der Waals surface area contributed by atoms with Crippen LogP contribution in [-0.4, -0.2) is 71.4 Å². The van der Waals surface area contributed by atoms with Crippen LogP contribution >= 0.6 is 0 Å². The molecular formula is C28H34N4O2. The zero-order valence-electron chi connectivity index (χ0n) is 20.0. The highest BCUT2D eigenvalue weighted by Crippen LogP contribution is 2.28. The number of aromatic nitrogens is 2. The highest BCUT2D eigenvalue weighted by Gasteiger charge is 2.28. The van der Waals surface area contributed by atoms with Gasteiger partial charge in [0.15, 0.2) is 0 Å². The number of hydrogen-bond donors (Lipinski definition) is 0. The van der Waals surface area contributed by atoms with Gasteiger partial charge in [0.25, 0.3) is 5.91 Å². The molecule has 5 rings (SSSR count). The molecule has 1 amide bonds. The summed E-state index contributed by atoms with van der Waals surface area (Å²) in [4.78, 5) is 18.2. The molecule has 178 valence electrons. The number of aryl methyl sites for hydroxylation is 1. The maximum atomic E-state index is 13.7. The number of hydrogen-bond acceptors (Lipinski definition) is 4. The summed E-state index contributed by atoms with van der Waals surface area (Å²) in [6.07, 6.45) is 5.26. The van der Waals surface area contributed by atoms with E-state index in [0.29, 0.717) is 11.5 Å². The number of carbonyl (C=O) groups excluding carboxylic acids is 1. The van der Waals surface area contributed by atoms with Crippen molar-refractivity contribution in [2.24, 2.45) is 5.92 Å². The molecule has 0 aliphatic carbocycles. The predicted molar refractivity (Wildman–Crippen MR) is 134 cm³/mol. The lowest BCUT2D eigenvalue weighted by Crippen LogP contribution is -2.40. The first kappa shape index (κ1) is 22.8. The van der Waals surface area contributed by atoms with Crippen LogP contribution in [0.1, 0.15) is 35.2 Å². The van der Waals surface area contributed by atoms with E-state index >= 15 is 0 Å². The van der Waals surface area contributed by atoms with E-state index in [0.717, 1.165) is 81.3 Å². The molecule has 6 nitrogen and oxygen atoms in total. The van der Waals surface area contributed by atoms with E-state index in [2.05, 4.69) is 24.0 Å². The number of piperidine rings is 1. The van der Waals surface area contributed by atoms with Gasteiger partial charge in [-0.05, 0) is 56.8 Å². The number of morpholine rings is 1. The number of benzene rings is 2. The minimum Gasteiger partial charge on any atom is -0.379 e. The van der Waals surface area contributed by atoms with Crippen molar-refractivity contribution >= 4 is 5.91 Å². The number of carbonyl (C=O) groups is 1. The summed E-state index contributed by atoms with van der Waals surface area (Å²) < 4.78 is 7.29. The number of para-hydroxylation sites is 1. The van der Waals surface area contributed by atoms with Gasteiger partial charge in [0.1, 0.15) is 5.69 Å². The molecule has 3 heterocycles. The van der Waals surface area contributed by atoms with Crippen molar-refractivity contribution < 1.29 is 9.53 Å². The molecule has 2 aromatic carbocycles. The normalized spacial score (nSPS) is 17.7. The summed E-state index contributed by atoms with van der Waals surface area (Å²) in [6.45, 7) is 8.64. The molecule has 2 aliphatic heterocycles. The molecule has 2 saturated heterocycles. The Hall–Kier alpha value is -2.96. The Bertz CT molecular complexity index is 1100. The molecule has 0 bridgehead atoms. The SMILES string of the molecule is Cc1cccc(-c2nn(-c3ccccc3)cc2C(=O)N2CCC(CCN3CCOCC3)CC2)c1. The van der Waals surface area contributed by atoms with Crippen LogP contribution in [0.4, 0.5) is 0 Å². The van der Waals surface area contributed by atoms with E-state index < -0.39 is 0 Å². The quantitative estimate of drug-likeness (QED) is 0.549. The van der Waals surface area contributed by atoms with E-state index in [1.165, 1.54) is 6.42 Å². The Labute approximate surface area is 202 Å². The lowest BCUT2D eigenvalue weighted by molar-refractivity contribution is 0.0332. The van der Waals surface area contributed by atoms with Gasteiger partial charge in [0.2, 0.25) is 0 Å². The molecule has 0 spiro atoms. The molecule has 0 saturated carbocycles. The van der Waals surface area contributed by atoms with Crippen LogP contribution in [0, 0.1) is 12.8 Å². The van der Waals surface area contributed by atoms with E-state index in [1.54, 1.807) is 0 Å². The third kappa shape index (κ3) is 5.24. The lowest BCUT2D eigenvalue weighted by atomic mass is 9.92. The van der Waals surface area contributed by atoms with Crippen molar-refractivity contribution in [3.05, 3.63) is 71.9 Å². The summed E-state index contributed by atoms with van der Waals surface area (Å²) >= 11 is 0. The van der Waals surface area contributed by atoms with E-state index in [-0.39, 0.29) is 5.91 Å². The summed E-state index contributed by atoms with van der Waals surface area (Å²) in [6, 6.07) is 18.2. The van der Waals surface area contributed by atoms with Crippen LogP contribution in [0.15, 0.2) is 60.8 Å². The topological polar surface area (TPSA) is 50.6 Å². The molecule has 0 radical (unpaired) electrons. The van der Waals surface area contributed by atoms with Gasteiger partial charge in [-0.25, -0.2) is 4.68 Å². The molecule has 3 aromatic rings. The first-order valence-corrected chi connectivity index (χ1v) is 12.5. The van der Waals surface area contributed by atoms with Crippen LogP contribution < -0.4 is 0 Å². The summed E-state index contributed by atoms with van der Waals surface area (Å²) in [5.74, 6) is 0.778. The lowest BCUT2D eigenvalue weighted by Gasteiger charge is -2.34. The predicted octanol–water partition coefficient (Wildman–Crippen LogP) is 4.42. The Morgan fingerprint density at radius 2 is 1.76 bits per heavy atom. The van der Waals surface area contributed by atoms with Crippen molar-refractivity contribution in [2.75, 3.05) is 45.9 Å². The molecule has 1 aromatic heterocycles. The third-order valence-electron chi connectivity index (χ3n) is 7.12. The van der Waals surface area contributed by atoms with Crippen LogP contribution in [0.25, 0.3) is 16.9 Å². The number of ether oxygens (including phenoxy) is 1. The van der Waals surface area contributed by atoms with E-state index in [9.17, 15) is 4.79 Å². The van der Waals surface area contributed by atoms with E-state index in [4.69, 9.17) is 9.84 Å². The van der Waals surface area contributed by atoms with Crippen molar-refractivity contribution in [1.29, 1.82) is 0 Å². The first-order valence-electron chi connectivity index (χ1n) is 12.5. The largest absolute Gasteiger partial charge is 0.379 e. The van der Waals surface area contributed by atoms with Crippen molar-refractivity contribution in [2.45, 2.75) is 26.2 Å². The maximum absolute atomic E-state index is 13.7. The zero-order chi connectivity index (χ0) is 23.3. The Balaban J connectivity index is 1.30. The van der Waals surface area contributed by atoms with Gasteiger partial charge < -0.3 is 9.64 Å². The van der Waals surface area contributed by atoms with Gasteiger partial charge in [-0.15, -0.1) is 0 Å². The number of likely N-dealkylation sites (tertiary alicyclic amines) is 1. The number of rotatable bonds is 6. The van der Waals surface area contributed by atoms with Crippen LogP contribution in [0.2, 0.25) is 0 Å². The molecule has 0 N–H and O–H groups in total. The highest BCUT2D eigenvalue weighted by molar-refractivity contribution is 6.00. The van der Waals surface area contributed by atoms with Gasteiger partial charge in [-0.1, -0.05) is 42.0 Å². The van der Waals surface area contributed by atoms with Gasteiger partial charge >= 0.3 is 0 Å². The average Bonchev–Trinajstić information content (AvgIpc) is 3.34. The summed E-state index contributed by atoms with van der Waals surface area (Å²) in [5, 5.41) is 4.86. The molecular weight excluding hydrogens is 424 g/mol. The Kier molecular flexibility index (Phi) is 7.07. The van der Waals surface area contributed by atoms with E-state index in [1.807, 2.05) is 58.2 Å². The van der Waals surface area contributed by atoms with Crippen LogP contribution in [-0.2, 0) is 4.74 Å². The Morgan fingerprint density at radius 1 is 1.00 bits per heavy atom. The second-order valence-corrected chi connectivity index (χ2v) is 9.52. The standard InChI is InChI=1S/C28H34N4O2/c1-22-6-5-7-24(20-22)27-26(21-32(29-27)25-8-3-2-4-9-25)28(33)31-14-11-23(12-15-31)10-13-30-16-18-34-19-17-30/h2-9,20-21,23H,10-19H2,1H3. The van der Waals surface area contributed by atoms with Crippen molar-refractivity contribution in [3.8, 4) is 16.9 Å². The second kappa shape index (κ2) is 10.5. The third-order valence-corrected chi connectivity index (χ3v) is 7.12. The van der Waals surface area contributed by atoms with Gasteiger partial charge in [0, 0.05) is 37.9 Å². The summed E-state index contributed by atoms with van der Waals surface area (Å²) in [5.41, 5.74) is 4.54. The maximum Gasteiger partial charge on any atom is 0.257 e. The molecule has 6 heteroatoms.